The maximum atomic E-state index is 13.1. The number of pyridine rings is 1. The number of halogens is 2. The van der Waals surface area contributed by atoms with E-state index in [1.807, 2.05) is 6.07 Å². The van der Waals surface area contributed by atoms with Crippen molar-refractivity contribution in [2.24, 2.45) is 0 Å². The lowest BCUT2D eigenvalue weighted by atomic mass is 10.2. The van der Waals surface area contributed by atoms with Gasteiger partial charge in [0.1, 0.15) is 11.5 Å². The Morgan fingerprint density at radius 2 is 1.95 bits per heavy atom. The van der Waals surface area contributed by atoms with Gasteiger partial charge >= 0.3 is 0 Å². The molecule has 0 radical (unpaired) electrons. The maximum Gasteiger partial charge on any atom is 0.162 e. The molecule has 0 spiro atoms. The average Bonchev–Trinajstić information content (AvgIpc) is 3.25. The molecular formula is C15H14F2N2O. The first-order valence-electron chi connectivity index (χ1n) is 6.51. The largest absolute Gasteiger partial charge is 0.456 e. The normalized spacial score (nSPS) is 14.3. The van der Waals surface area contributed by atoms with Crippen LogP contribution < -0.4 is 10.1 Å². The van der Waals surface area contributed by atoms with Gasteiger partial charge < -0.3 is 10.1 Å². The Morgan fingerprint density at radius 1 is 1.10 bits per heavy atom. The molecule has 1 fully saturated rings. The molecule has 1 saturated carbocycles. The molecule has 1 heterocycles. The predicted molar refractivity (Wildman–Crippen MR) is 70.5 cm³/mol. The summed E-state index contributed by atoms with van der Waals surface area (Å²) in [6.07, 6.45) is 5.74. The Hall–Kier alpha value is -2.01. The van der Waals surface area contributed by atoms with Gasteiger partial charge in [-0.15, -0.1) is 0 Å². The summed E-state index contributed by atoms with van der Waals surface area (Å²) in [5, 5.41) is 3.38. The summed E-state index contributed by atoms with van der Waals surface area (Å²) >= 11 is 0. The Bertz CT molecular complexity index is 615. The molecular weight excluding hydrogens is 262 g/mol. The van der Waals surface area contributed by atoms with Crippen LogP contribution in [0.5, 0.6) is 11.5 Å². The van der Waals surface area contributed by atoms with Gasteiger partial charge in [-0.25, -0.2) is 8.78 Å². The van der Waals surface area contributed by atoms with Crippen LogP contribution in [0.2, 0.25) is 0 Å². The Morgan fingerprint density at radius 3 is 2.70 bits per heavy atom. The number of benzene rings is 1. The molecule has 0 bridgehead atoms. The average molecular weight is 276 g/mol. The van der Waals surface area contributed by atoms with Crippen molar-refractivity contribution in [2.45, 2.75) is 25.4 Å². The lowest BCUT2D eigenvalue weighted by Gasteiger charge is -2.08. The molecule has 1 aromatic heterocycles. The molecule has 0 amide bonds. The van der Waals surface area contributed by atoms with E-state index in [0.717, 1.165) is 24.2 Å². The monoisotopic (exact) mass is 276 g/mol. The summed E-state index contributed by atoms with van der Waals surface area (Å²) in [5.41, 5.74) is 0.997. The van der Waals surface area contributed by atoms with Crippen molar-refractivity contribution in [1.82, 2.24) is 10.3 Å². The Balaban J connectivity index is 1.69. The first kappa shape index (κ1) is 13.0. The summed E-state index contributed by atoms with van der Waals surface area (Å²) in [6, 6.07) is 5.89. The quantitative estimate of drug-likeness (QED) is 0.908. The Labute approximate surface area is 115 Å². The summed E-state index contributed by atoms with van der Waals surface area (Å²) in [6.45, 7) is 0.729. The number of hydrogen-bond acceptors (Lipinski definition) is 3. The number of nitrogens with one attached hydrogen (secondary N) is 1. The van der Waals surface area contributed by atoms with Gasteiger partial charge in [-0.2, -0.15) is 0 Å². The topological polar surface area (TPSA) is 34.1 Å². The first-order valence-corrected chi connectivity index (χ1v) is 6.51. The third-order valence-corrected chi connectivity index (χ3v) is 3.07. The van der Waals surface area contributed by atoms with Crippen molar-refractivity contribution < 1.29 is 13.5 Å². The molecule has 2 aromatic rings. The Kier molecular flexibility index (Phi) is 3.60. The fraction of sp³-hybridized carbons (Fsp3) is 0.267. The van der Waals surface area contributed by atoms with Crippen molar-refractivity contribution in [1.29, 1.82) is 0 Å². The summed E-state index contributed by atoms with van der Waals surface area (Å²) in [5.74, 6) is -1.07. The molecule has 1 aromatic carbocycles. The zero-order valence-electron chi connectivity index (χ0n) is 10.8. The van der Waals surface area contributed by atoms with Gasteiger partial charge in [-0.3, -0.25) is 4.98 Å². The van der Waals surface area contributed by atoms with E-state index in [4.69, 9.17) is 4.74 Å². The van der Waals surface area contributed by atoms with Crippen LogP contribution in [-0.2, 0) is 6.54 Å². The van der Waals surface area contributed by atoms with Gasteiger partial charge in [0.2, 0.25) is 0 Å². The van der Waals surface area contributed by atoms with Crippen molar-refractivity contribution in [3.05, 3.63) is 53.9 Å². The van der Waals surface area contributed by atoms with E-state index in [2.05, 4.69) is 10.3 Å². The second kappa shape index (κ2) is 5.54. The molecule has 0 saturated heterocycles. The van der Waals surface area contributed by atoms with Crippen LogP contribution in [0.25, 0.3) is 0 Å². The van der Waals surface area contributed by atoms with Gasteiger partial charge in [0.15, 0.2) is 11.6 Å². The highest BCUT2D eigenvalue weighted by atomic mass is 19.2. The van der Waals surface area contributed by atoms with E-state index < -0.39 is 11.6 Å². The maximum absolute atomic E-state index is 13.1. The molecule has 3 nitrogen and oxygen atoms in total. The van der Waals surface area contributed by atoms with E-state index in [9.17, 15) is 8.78 Å². The highest BCUT2D eigenvalue weighted by Crippen LogP contribution is 2.24. The van der Waals surface area contributed by atoms with Crippen molar-refractivity contribution >= 4 is 0 Å². The summed E-state index contributed by atoms with van der Waals surface area (Å²) in [4.78, 5) is 4.09. The highest BCUT2D eigenvalue weighted by molar-refractivity contribution is 5.32. The van der Waals surface area contributed by atoms with E-state index >= 15 is 0 Å². The van der Waals surface area contributed by atoms with E-state index in [1.165, 1.54) is 18.9 Å². The zero-order valence-corrected chi connectivity index (χ0v) is 10.8. The summed E-state index contributed by atoms with van der Waals surface area (Å²) < 4.78 is 31.4. The number of ether oxygens (including phenoxy) is 1. The van der Waals surface area contributed by atoms with Crippen LogP contribution in [0.1, 0.15) is 18.4 Å². The molecule has 104 valence electrons. The minimum atomic E-state index is -0.929. The number of aromatic nitrogens is 1. The third-order valence-electron chi connectivity index (χ3n) is 3.07. The van der Waals surface area contributed by atoms with Gasteiger partial charge in [0.05, 0.1) is 6.20 Å². The van der Waals surface area contributed by atoms with Gasteiger partial charge in [-0.05, 0) is 36.6 Å². The molecule has 5 heteroatoms. The van der Waals surface area contributed by atoms with E-state index in [0.29, 0.717) is 11.8 Å². The van der Waals surface area contributed by atoms with Crippen molar-refractivity contribution in [2.75, 3.05) is 0 Å². The van der Waals surface area contributed by atoms with Gasteiger partial charge in [0, 0.05) is 24.8 Å². The zero-order chi connectivity index (χ0) is 13.9. The van der Waals surface area contributed by atoms with Crippen LogP contribution in [0, 0.1) is 11.6 Å². The molecule has 1 N–H and O–H groups in total. The standard InChI is InChI=1S/C15H14F2N2O/c16-14-4-3-12(6-15(14)17)20-13-5-10(7-18-9-13)8-19-11-1-2-11/h3-7,9,11,19H,1-2,8H2. The van der Waals surface area contributed by atoms with Crippen LogP contribution in [-0.4, -0.2) is 11.0 Å². The molecule has 0 atom stereocenters. The SMILES string of the molecule is Fc1ccc(Oc2cncc(CNC3CC3)c2)cc1F. The van der Waals surface area contributed by atoms with Crippen LogP contribution in [0.3, 0.4) is 0 Å². The highest BCUT2D eigenvalue weighted by Gasteiger charge is 2.20. The lowest BCUT2D eigenvalue weighted by Crippen LogP contribution is -2.15. The molecule has 0 aliphatic heterocycles. The minimum absolute atomic E-state index is 0.248. The molecule has 20 heavy (non-hydrogen) atoms. The predicted octanol–water partition coefficient (Wildman–Crippen LogP) is 3.40. The molecule has 1 aliphatic carbocycles. The molecule has 1 aliphatic rings. The fourth-order valence-electron chi connectivity index (χ4n) is 1.84. The lowest BCUT2D eigenvalue weighted by molar-refractivity contribution is 0.459. The second-order valence-electron chi connectivity index (χ2n) is 4.86. The van der Waals surface area contributed by atoms with E-state index in [-0.39, 0.29) is 5.75 Å². The van der Waals surface area contributed by atoms with Crippen LogP contribution >= 0.6 is 0 Å². The second-order valence-corrected chi connectivity index (χ2v) is 4.86. The minimum Gasteiger partial charge on any atom is -0.456 e. The number of nitrogens with zero attached hydrogens (tertiary/aromatic N) is 1. The van der Waals surface area contributed by atoms with E-state index in [1.54, 1.807) is 12.4 Å². The fourth-order valence-corrected chi connectivity index (χ4v) is 1.84. The van der Waals surface area contributed by atoms with Crippen molar-refractivity contribution in [3.63, 3.8) is 0 Å². The van der Waals surface area contributed by atoms with Crippen LogP contribution in [0.15, 0.2) is 36.7 Å². The first-order chi connectivity index (χ1) is 9.70. The summed E-state index contributed by atoms with van der Waals surface area (Å²) in [7, 11) is 0. The smallest absolute Gasteiger partial charge is 0.162 e. The van der Waals surface area contributed by atoms with Gasteiger partial charge in [-0.1, -0.05) is 0 Å². The molecule has 3 rings (SSSR count). The van der Waals surface area contributed by atoms with Crippen molar-refractivity contribution in [3.8, 4) is 11.5 Å². The van der Waals surface area contributed by atoms with Crippen LogP contribution in [0.4, 0.5) is 8.78 Å². The van der Waals surface area contributed by atoms with Gasteiger partial charge in [0.25, 0.3) is 0 Å². The third kappa shape index (κ3) is 3.30. The number of hydrogen-bond donors (Lipinski definition) is 1. The number of rotatable bonds is 5. The molecule has 0 unspecified atom stereocenters.